The molecule has 2 heteroatoms. The van der Waals surface area contributed by atoms with Gasteiger partial charge in [-0.05, 0) is 44.2 Å². The summed E-state index contributed by atoms with van der Waals surface area (Å²) in [6.07, 6.45) is 4.03. The van der Waals surface area contributed by atoms with Crippen molar-refractivity contribution in [2.75, 3.05) is 25.5 Å². The van der Waals surface area contributed by atoms with E-state index in [9.17, 15) is 0 Å². The van der Waals surface area contributed by atoms with E-state index in [0.29, 0.717) is 0 Å². The summed E-state index contributed by atoms with van der Waals surface area (Å²) in [5.74, 6) is 2.47. The second-order valence-corrected chi connectivity index (χ2v) is 4.95. The van der Waals surface area contributed by atoms with E-state index in [4.69, 9.17) is 11.6 Å². The van der Waals surface area contributed by atoms with Crippen molar-refractivity contribution in [3.05, 3.63) is 0 Å². The van der Waals surface area contributed by atoms with Gasteiger partial charge in [0.1, 0.15) is 0 Å². The Balaban J connectivity index is 2.03. The van der Waals surface area contributed by atoms with Gasteiger partial charge in [-0.1, -0.05) is 13.8 Å². The van der Waals surface area contributed by atoms with E-state index in [1.807, 2.05) is 0 Å². The minimum Gasteiger partial charge on any atom is -0.303 e. The van der Waals surface area contributed by atoms with Gasteiger partial charge in [0, 0.05) is 12.4 Å². The summed E-state index contributed by atoms with van der Waals surface area (Å²) in [7, 11) is 0. The second-order valence-electron chi connectivity index (χ2n) is 4.65. The van der Waals surface area contributed by atoms with Crippen molar-refractivity contribution in [3.8, 4) is 0 Å². The number of nitrogens with zero attached hydrogens (tertiary/aromatic N) is 1. The third kappa shape index (κ3) is 4.33. The van der Waals surface area contributed by atoms with Gasteiger partial charge in [-0.3, -0.25) is 0 Å². The maximum Gasteiger partial charge on any atom is 0.0264 e. The Kier molecular flexibility index (Phi) is 5.12. The molecule has 1 atom stereocenters. The first kappa shape index (κ1) is 11.3. The Hall–Kier alpha value is 0.250. The molecule has 0 amide bonds. The lowest BCUT2D eigenvalue weighted by Crippen LogP contribution is -2.22. The highest BCUT2D eigenvalue weighted by Gasteiger charge is 2.20. The molecule has 0 saturated carbocycles. The number of hydrogen-bond acceptors (Lipinski definition) is 1. The molecule has 78 valence electrons. The first-order valence-corrected chi connectivity index (χ1v) is 6.04. The van der Waals surface area contributed by atoms with Crippen molar-refractivity contribution in [2.24, 2.45) is 11.8 Å². The Bertz CT molecular complexity index is 136. The molecule has 1 heterocycles. The van der Waals surface area contributed by atoms with Crippen molar-refractivity contribution in [1.82, 2.24) is 4.90 Å². The number of alkyl halides is 1. The van der Waals surface area contributed by atoms with Crippen LogP contribution in [0.3, 0.4) is 0 Å². The molecule has 13 heavy (non-hydrogen) atoms. The van der Waals surface area contributed by atoms with E-state index in [1.54, 1.807) is 0 Å². The second kappa shape index (κ2) is 5.87. The van der Waals surface area contributed by atoms with Crippen LogP contribution in [0.4, 0.5) is 0 Å². The van der Waals surface area contributed by atoms with Gasteiger partial charge in [0.25, 0.3) is 0 Å². The summed E-state index contributed by atoms with van der Waals surface area (Å²) in [6, 6.07) is 0. The zero-order valence-electron chi connectivity index (χ0n) is 8.93. The van der Waals surface area contributed by atoms with Crippen molar-refractivity contribution >= 4 is 11.6 Å². The molecule has 0 aromatic rings. The highest BCUT2D eigenvalue weighted by atomic mass is 35.5. The Morgan fingerprint density at radius 2 is 2.23 bits per heavy atom. The van der Waals surface area contributed by atoms with Crippen LogP contribution < -0.4 is 0 Å². The lowest BCUT2D eigenvalue weighted by molar-refractivity contribution is 0.312. The fourth-order valence-electron chi connectivity index (χ4n) is 1.97. The molecule has 0 aromatic carbocycles. The summed E-state index contributed by atoms with van der Waals surface area (Å²) >= 11 is 5.83. The van der Waals surface area contributed by atoms with Gasteiger partial charge >= 0.3 is 0 Å². The Labute approximate surface area is 87.4 Å². The maximum atomic E-state index is 5.83. The molecule has 0 spiro atoms. The van der Waals surface area contributed by atoms with Crippen LogP contribution >= 0.6 is 11.6 Å². The first-order valence-electron chi connectivity index (χ1n) is 5.50. The molecular formula is C11H22ClN. The van der Waals surface area contributed by atoms with Crippen LogP contribution in [0.15, 0.2) is 0 Å². The molecule has 1 saturated heterocycles. The highest BCUT2D eigenvalue weighted by molar-refractivity contribution is 6.18. The number of hydrogen-bond donors (Lipinski definition) is 0. The molecule has 1 unspecified atom stereocenters. The highest BCUT2D eigenvalue weighted by Crippen LogP contribution is 2.18. The molecular weight excluding hydrogens is 182 g/mol. The van der Waals surface area contributed by atoms with Gasteiger partial charge in [0.2, 0.25) is 0 Å². The van der Waals surface area contributed by atoms with Gasteiger partial charge in [-0.2, -0.15) is 0 Å². The molecule has 1 nitrogen and oxygen atoms in total. The van der Waals surface area contributed by atoms with E-state index in [2.05, 4.69) is 18.7 Å². The summed E-state index contributed by atoms with van der Waals surface area (Å²) in [5.41, 5.74) is 0. The summed E-state index contributed by atoms with van der Waals surface area (Å²) in [6.45, 7) is 8.39. The third-order valence-corrected chi connectivity index (χ3v) is 3.28. The molecule has 0 N–H and O–H groups in total. The van der Waals surface area contributed by atoms with Gasteiger partial charge in [-0.15, -0.1) is 11.6 Å². The van der Waals surface area contributed by atoms with Crippen LogP contribution in [0.1, 0.15) is 33.1 Å². The average molecular weight is 204 g/mol. The molecule has 1 aliphatic heterocycles. The van der Waals surface area contributed by atoms with Crippen molar-refractivity contribution < 1.29 is 0 Å². The minimum atomic E-state index is 0.765. The molecule has 0 bridgehead atoms. The summed E-state index contributed by atoms with van der Waals surface area (Å²) in [5, 5.41) is 0. The molecule has 1 fully saturated rings. The van der Waals surface area contributed by atoms with Crippen LogP contribution in [0.2, 0.25) is 0 Å². The van der Waals surface area contributed by atoms with E-state index < -0.39 is 0 Å². The van der Waals surface area contributed by atoms with Crippen molar-refractivity contribution in [1.29, 1.82) is 0 Å². The van der Waals surface area contributed by atoms with Crippen LogP contribution in [-0.4, -0.2) is 30.4 Å². The van der Waals surface area contributed by atoms with Gasteiger partial charge in [-0.25, -0.2) is 0 Å². The van der Waals surface area contributed by atoms with E-state index in [-0.39, 0.29) is 0 Å². The van der Waals surface area contributed by atoms with E-state index >= 15 is 0 Å². The zero-order chi connectivity index (χ0) is 9.68. The van der Waals surface area contributed by atoms with Crippen LogP contribution in [-0.2, 0) is 0 Å². The monoisotopic (exact) mass is 203 g/mol. The number of halogens is 1. The minimum absolute atomic E-state index is 0.765. The van der Waals surface area contributed by atoms with Crippen LogP contribution in [0, 0.1) is 11.8 Å². The first-order chi connectivity index (χ1) is 6.22. The largest absolute Gasteiger partial charge is 0.303 e. The van der Waals surface area contributed by atoms with E-state index in [0.717, 1.165) is 17.7 Å². The topological polar surface area (TPSA) is 3.24 Å². The maximum absolute atomic E-state index is 5.83. The molecule has 0 aliphatic carbocycles. The average Bonchev–Trinajstić information content (AvgIpc) is 2.52. The molecule has 0 aromatic heterocycles. The number of likely N-dealkylation sites (tertiary alicyclic amines) is 1. The standard InChI is InChI=1S/C11H22ClN/c1-10(2)4-3-6-13-7-5-11(8-12)9-13/h10-11H,3-9H2,1-2H3. The van der Waals surface area contributed by atoms with Gasteiger partial charge < -0.3 is 4.90 Å². The lowest BCUT2D eigenvalue weighted by Gasteiger charge is -2.15. The number of rotatable bonds is 5. The van der Waals surface area contributed by atoms with Crippen LogP contribution in [0.25, 0.3) is 0 Å². The van der Waals surface area contributed by atoms with Crippen LogP contribution in [0.5, 0.6) is 0 Å². The van der Waals surface area contributed by atoms with E-state index in [1.165, 1.54) is 38.9 Å². The van der Waals surface area contributed by atoms with Crippen molar-refractivity contribution in [2.45, 2.75) is 33.1 Å². The SMILES string of the molecule is CC(C)CCCN1CCC(CCl)C1. The molecule has 0 radical (unpaired) electrons. The Morgan fingerprint density at radius 3 is 2.77 bits per heavy atom. The summed E-state index contributed by atoms with van der Waals surface area (Å²) < 4.78 is 0. The van der Waals surface area contributed by atoms with Crippen molar-refractivity contribution in [3.63, 3.8) is 0 Å². The lowest BCUT2D eigenvalue weighted by atomic mass is 10.1. The third-order valence-electron chi connectivity index (χ3n) is 2.84. The quantitative estimate of drug-likeness (QED) is 0.621. The predicted octanol–water partition coefficient (Wildman–Crippen LogP) is 2.98. The fraction of sp³-hybridized carbons (Fsp3) is 1.00. The van der Waals surface area contributed by atoms with Gasteiger partial charge in [0.15, 0.2) is 0 Å². The Morgan fingerprint density at radius 1 is 1.46 bits per heavy atom. The van der Waals surface area contributed by atoms with Gasteiger partial charge in [0.05, 0.1) is 0 Å². The smallest absolute Gasteiger partial charge is 0.0264 e. The predicted molar refractivity (Wildman–Crippen MR) is 59.3 cm³/mol. The molecule has 1 rings (SSSR count). The zero-order valence-corrected chi connectivity index (χ0v) is 9.69. The normalized spacial score (nSPS) is 24.5. The fourth-order valence-corrected chi connectivity index (χ4v) is 2.22. The molecule has 1 aliphatic rings. The summed E-state index contributed by atoms with van der Waals surface area (Å²) in [4.78, 5) is 2.56.